The highest BCUT2D eigenvalue weighted by atomic mass is 79.9. The molecule has 1 heterocycles. The van der Waals surface area contributed by atoms with Crippen LogP contribution in [0.5, 0.6) is 5.75 Å². The summed E-state index contributed by atoms with van der Waals surface area (Å²) in [6.45, 7) is 2.06. The number of thiophene rings is 1. The second-order valence-electron chi connectivity index (χ2n) is 3.19. The van der Waals surface area contributed by atoms with Gasteiger partial charge in [-0.15, -0.1) is 11.3 Å². The molecule has 0 unspecified atom stereocenters. The van der Waals surface area contributed by atoms with Gasteiger partial charge in [0.05, 0.1) is 4.70 Å². The van der Waals surface area contributed by atoms with Crippen molar-refractivity contribution in [2.45, 2.75) is 18.7 Å². The van der Waals surface area contributed by atoms with Gasteiger partial charge in [0.1, 0.15) is 5.75 Å². The molecule has 0 saturated heterocycles. The molecule has 2 aromatic rings. The van der Waals surface area contributed by atoms with Crippen LogP contribution < -0.4 is 0 Å². The normalized spacial score (nSPS) is 11.0. The summed E-state index contributed by atoms with van der Waals surface area (Å²) in [7, 11) is 0. The van der Waals surface area contributed by atoms with E-state index in [-0.39, 0.29) is 0 Å². The van der Waals surface area contributed by atoms with Crippen LogP contribution in [-0.4, -0.2) is 5.11 Å². The molecule has 0 amide bonds. The lowest BCUT2D eigenvalue weighted by Gasteiger charge is -2.06. The number of hydrogen-bond donors (Lipinski definition) is 1. The number of alkyl halides is 1. The predicted molar refractivity (Wildman–Crippen MR) is 65.5 cm³/mol. The van der Waals surface area contributed by atoms with Crippen LogP contribution >= 0.6 is 27.3 Å². The highest BCUT2D eigenvalue weighted by Gasteiger charge is 2.10. The summed E-state index contributed by atoms with van der Waals surface area (Å²) >= 11 is 5.08. The van der Waals surface area contributed by atoms with E-state index < -0.39 is 0 Å². The Labute approximate surface area is 95.5 Å². The largest absolute Gasteiger partial charge is 0.506 e. The molecule has 14 heavy (non-hydrogen) atoms. The van der Waals surface area contributed by atoms with Crippen molar-refractivity contribution in [1.82, 2.24) is 0 Å². The molecule has 1 aromatic heterocycles. The van der Waals surface area contributed by atoms with Gasteiger partial charge in [-0.25, -0.2) is 0 Å². The van der Waals surface area contributed by atoms with Gasteiger partial charge in [-0.3, -0.25) is 0 Å². The van der Waals surface area contributed by atoms with E-state index in [0.29, 0.717) is 5.75 Å². The molecule has 74 valence electrons. The van der Waals surface area contributed by atoms with Crippen molar-refractivity contribution in [2.24, 2.45) is 0 Å². The first-order chi connectivity index (χ1) is 6.77. The SMILES string of the molecule is CCc1cc(CBr)c2ccsc2c1O. The molecule has 0 aliphatic carbocycles. The van der Waals surface area contributed by atoms with Crippen molar-refractivity contribution in [3.8, 4) is 5.75 Å². The minimum Gasteiger partial charge on any atom is -0.506 e. The fraction of sp³-hybridized carbons (Fsp3) is 0.273. The molecule has 3 heteroatoms. The van der Waals surface area contributed by atoms with Crippen LogP contribution in [0.4, 0.5) is 0 Å². The molecule has 0 atom stereocenters. The number of benzene rings is 1. The van der Waals surface area contributed by atoms with Gasteiger partial charge in [0.15, 0.2) is 0 Å². The van der Waals surface area contributed by atoms with Gasteiger partial charge in [0, 0.05) is 10.7 Å². The Morgan fingerprint density at radius 3 is 2.86 bits per heavy atom. The first-order valence-electron chi connectivity index (χ1n) is 4.54. The van der Waals surface area contributed by atoms with Gasteiger partial charge in [-0.1, -0.05) is 28.9 Å². The Kier molecular flexibility index (Phi) is 2.79. The first kappa shape index (κ1) is 9.99. The zero-order valence-corrected chi connectivity index (χ0v) is 10.3. The Hall–Kier alpha value is -0.540. The Balaban J connectivity index is 2.80. The second-order valence-corrected chi connectivity index (χ2v) is 4.67. The lowest BCUT2D eigenvalue weighted by Crippen LogP contribution is -1.86. The number of rotatable bonds is 2. The van der Waals surface area contributed by atoms with E-state index >= 15 is 0 Å². The van der Waals surface area contributed by atoms with Crippen LogP contribution in [0.3, 0.4) is 0 Å². The number of phenolic OH excluding ortho intramolecular Hbond substituents is 1. The van der Waals surface area contributed by atoms with Crippen molar-refractivity contribution in [2.75, 3.05) is 0 Å². The molecule has 0 aliphatic rings. The van der Waals surface area contributed by atoms with E-state index in [1.54, 1.807) is 11.3 Å². The van der Waals surface area contributed by atoms with Gasteiger partial charge in [-0.2, -0.15) is 0 Å². The maximum Gasteiger partial charge on any atom is 0.136 e. The minimum atomic E-state index is 0.460. The van der Waals surface area contributed by atoms with Gasteiger partial charge < -0.3 is 5.11 Å². The molecule has 2 rings (SSSR count). The van der Waals surface area contributed by atoms with Gasteiger partial charge in [0.25, 0.3) is 0 Å². The second kappa shape index (κ2) is 3.91. The maximum absolute atomic E-state index is 9.95. The third-order valence-corrected chi connectivity index (χ3v) is 3.93. The van der Waals surface area contributed by atoms with Crippen LogP contribution in [0.2, 0.25) is 0 Å². The highest BCUT2D eigenvalue weighted by molar-refractivity contribution is 9.08. The Morgan fingerprint density at radius 1 is 1.43 bits per heavy atom. The summed E-state index contributed by atoms with van der Waals surface area (Å²) in [5, 5.41) is 14.0. The topological polar surface area (TPSA) is 20.2 Å². The summed E-state index contributed by atoms with van der Waals surface area (Å²) in [5.41, 5.74) is 2.30. The number of aromatic hydroxyl groups is 1. The first-order valence-corrected chi connectivity index (χ1v) is 6.55. The van der Waals surface area contributed by atoms with E-state index in [9.17, 15) is 5.11 Å². The predicted octanol–water partition coefficient (Wildman–Crippen LogP) is 4.06. The molecule has 0 fully saturated rings. The summed E-state index contributed by atoms with van der Waals surface area (Å²) < 4.78 is 1.01. The third kappa shape index (κ3) is 1.44. The fourth-order valence-electron chi connectivity index (χ4n) is 1.63. The fourth-order valence-corrected chi connectivity index (χ4v) is 3.00. The lowest BCUT2D eigenvalue weighted by atomic mass is 10.0. The van der Waals surface area contributed by atoms with Crippen molar-refractivity contribution < 1.29 is 5.11 Å². The molecular formula is C11H11BrOS. The summed E-state index contributed by atoms with van der Waals surface area (Å²) in [5.74, 6) is 0.460. The van der Waals surface area contributed by atoms with Crippen molar-refractivity contribution in [3.63, 3.8) is 0 Å². The van der Waals surface area contributed by atoms with Crippen molar-refractivity contribution >= 4 is 37.4 Å². The zero-order chi connectivity index (χ0) is 10.1. The summed E-state index contributed by atoms with van der Waals surface area (Å²) in [6, 6.07) is 4.15. The third-order valence-electron chi connectivity index (χ3n) is 2.40. The van der Waals surface area contributed by atoms with Crippen molar-refractivity contribution in [1.29, 1.82) is 0 Å². The van der Waals surface area contributed by atoms with Gasteiger partial charge >= 0.3 is 0 Å². The molecule has 1 nitrogen and oxygen atoms in total. The lowest BCUT2D eigenvalue weighted by molar-refractivity contribution is 0.476. The molecular weight excluding hydrogens is 260 g/mol. The Morgan fingerprint density at radius 2 is 2.21 bits per heavy atom. The number of halogens is 1. The smallest absolute Gasteiger partial charge is 0.136 e. The zero-order valence-electron chi connectivity index (χ0n) is 7.88. The quantitative estimate of drug-likeness (QED) is 0.816. The monoisotopic (exact) mass is 270 g/mol. The summed E-state index contributed by atoms with van der Waals surface area (Å²) in [4.78, 5) is 0. The van der Waals surface area contributed by atoms with Gasteiger partial charge in [-0.05, 0) is 29.0 Å². The van der Waals surface area contributed by atoms with Crippen LogP contribution in [-0.2, 0) is 11.8 Å². The molecule has 1 N–H and O–H groups in total. The molecule has 0 radical (unpaired) electrons. The molecule has 0 bridgehead atoms. The molecule has 0 spiro atoms. The van der Waals surface area contributed by atoms with E-state index in [2.05, 4.69) is 35.0 Å². The molecule has 0 saturated carbocycles. The average Bonchev–Trinajstić information content (AvgIpc) is 2.68. The van der Waals surface area contributed by atoms with Crippen LogP contribution in [0.15, 0.2) is 17.5 Å². The average molecular weight is 271 g/mol. The maximum atomic E-state index is 9.95. The number of fused-ring (bicyclic) bond motifs is 1. The van der Waals surface area contributed by atoms with E-state index in [1.165, 1.54) is 10.9 Å². The van der Waals surface area contributed by atoms with Crippen LogP contribution in [0.25, 0.3) is 10.1 Å². The van der Waals surface area contributed by atoms with Gasteiger partial charge in [0.2, 0.25) is 0 Å². The minimum absolute atomic E-state index is 0.460. The van der Waals surface area contributed by atoms with E-state index in [4.69, 9.17) is 0 Å². The van der Waals surface area contributed by atoms with Crippen LogP contribution in [0.1, 0.15) is 18.1 Å². The standard InChI is InChI=1S/C11H11BrOS/c1-2-7-5-8(6-12)9-3-4-14-11(9)10(7)13/h3-5,13H,2,6H2,1H3. The van der Waals surface area contributed by atoms with E-state index in [0.717, 1.165) is 22.0 Å². The summed E-state index contributed by atoms with van der Waals surface area (Å²) in [6.07, 6.45) is 0.875. The number of aryl methyl sites for hydroxylation is 1. The number of phenols is 1. The highest BCUT2D eigenvalue weighted by Crippen LogP contribution is 2.36. The molecule has 0 aliphatic heterocycles. The van der Waals surface area contributed by atoms with Crippen molar-refractivity contribution in [3.05, 3.63) is 28.6 Å². The molecule has 1 aromatic carbocycles. The number of hydrogen-bond acceptors (Lipinski definition) is 2. The van der Waals surface area contributed by atoms with E-state index in [1.807, 2.05) is 5.38 Å². The Bertz CT molecular complexity index is 462. The van der Waals surface area contributed by atoms with Crippen LogP contribution in [0, 0.1) is 0 Å².